The van der Waals surface area contributed by atoms with Gasteiger partial charge in [-0.2, -0.15) is 5.10 Å². The summed E-state index contributed by atoms with van der Waals surface area (Å²) in [5.41, 5.74) is -0.359. The van der Waals surface area contributed by atoms with Crippen molar-refractivity contribution in [3.63, 3.8) is 0 Å². The average molecular weight is 292 g/mol. The summed E-state index contributed by atoms with van der Waals surface area (Å²) in [5.74, 6) is -1.49. The van der Waals surface area contributed by atoms with Crippen molar-refractivity contribution in [3.8, 4) is 17.0 Å². The van der Waals surface area contributed by atoms with Crippen LogP contribution in [0.3, 0.4) is 0 Å². The summed E-state index contributed by atoms with van der Waals surface area (Å²) in [5, 5.41) is 13.6. The number of nitrogens with zero attached hydrogens (tertiary/aromatic N) is 2. The van der Waals surface area contributed by atoms with Crippen LogP contribution in [-0.4, -0.2) is 28.0 Å². The largest absolute Gasteiger partial charge is 0.496 e. The number of carboxylic acid groups (broad SMARTS) is 1. The molecule has 6 heteroatoms. The van der Waals surface area contributed by atoms with E-state index < -0.39 is 17.3 Å². The first-order valence-corrected chi connectivity index (χ1v) is 6.42. The van der Waals surface area contributed by atoms with Gasteiger partial charge in [0.15, 0.2) is 0 Å². The van der Waals surface area contributed by atoms with E-state index >= 15 is 0 Å². The minimum absolute atomic E-state index is 0.0559. The van der Waals surface area contributed by atoms with Crippen LogP contribution in [0.2, 0.25) is 0 Å². The number of halogens is 1. The molecule has 0 fully saturated rings. The Bertz CT molecular complexity index is 687. The Morgan fingerprint density at radius 1 is 1.38 bits per heavy atom. The fourth-order valence-corrected chi connectivity index (χ4v) is 1.96. The highest BCUT2D eigenvalue weighted by atomic mass is 19.1. The fourth-order valence-electron chi connectivity index (χ4n) is 1.96. The second kappa shape index (κ2) is 5.20. The second-order valence-electron chi connectivity index (χ2n) is 5.63. The van der Waals surface area contributed by atoms with Gasteiger partial charge >= 0.3 is 5.97 Å². The second-order valence-corrected chi connectivity index (χ2v) is 5.63. The van der Waals surface area contributed by atoms with Gasteiger partial charge < -0.3 is 9.84 Å². The number of hydrogen-bond acceptors (Lipinski definition) is 3. The van der Waals surface area contributed by atoms with Gasteiger partial charge in [0.05, 0.1) is 18.2 Å². The Kier molecular flexibility index (Phi) is 3.72. The number of aromatic carboxylic acids is 1. The zero-order valence-corrected chi connectivity index (χ0v) is 12.3. The van der Waals surface area contributed by atoms with Gasteiger partial charge in [-0.3, -0.25) is 4.68 Å². The molecule has 21 heavy (non-hydrogen) atoms. The quantitative estimate of drug-likeness (QED) is 0.943. The molecule has 2 aromatic rings. The summed E-state index contributed by atoms with van der Waals surface area (Å²) in [6.07, 6.45) is 1.41. The first kappa shape index (κ1) is 15.0. The van der Waals surface area contributed by atoms with E-state index in [2.05, 4.69) is 5.10 Å². The van der Waals surface area contributed by atoms with Gasteiger partial charge in [-0.15, -0.1) is 0 Å². The molecule has 5 nitrogen and oxygen atoms in total. The van der Waals surface area contributed by atoms with E-state index in [1.165, 1.54) is 30.1 Å². The summed E-state index contributed by atoms with van der Waals surface area (Å²) in [4.78, 5) is 11.4. The molecule has 1 aromatic heterocycles. The summed E-state index contributed by atoms with van der Waals surface area (Å²) < 4.78 is 20.8. The van der Waals surface area contributed by atoms with E-state index in [0.717, 1.165) is 0 Å². The average Bonchev–Trinajstić information content (AvgIpc) is 2.83. The number of aromatic nitrogens is 2. The third-order valence-electron chi connectivity index (χ3n) is 3.06. The van der Waals surface area contributed by atoms with Crippen LogP contribution in [0.25, 0.3) is 11.3 Å². The van der Waals surface area contributed by atoms with Crippen molar-refractivity contribution in [2.24, 2.45) is 0 Å². The van der Waals surface area contributed by atoms with Crippen molar-refractivity contribution in [2.75, 3.05) is 7.11 Å². The molecule has 0 spiro atoms. The summed E-state index contributed by atoms with van der Waals surface area (Å²) in [7, 11) is 1.40. The summed E-state index contributed by atoms with van der Waals surface area (Å²) >= 11 is 0. The zero-order chi connectivity index (χ0) is 15.8. The Labute approximate surface area is 122 Å². The molecule has 0 aliphatic carbocycles. The monoisotopic (exact) mass is 292 g/mol. The third-order valence-corrected chi connectivity index (χ3v) is 3.06. The van der Waals surface area contributed by atoms with Crippen molar-refractivity contribution in [1.82, 2.24) is 9.78 Å². The molecule has 0 bridgehead atoms. The molecule has 112 valence electrons. The van der Waals surface area contributed by atoms with Crippen molar-refractivity contribution in [1.29, 1.82) is 0 Å². The van der Waals surface area contributed by atoms with Gasteiger partial charge in [-0.1, -0.05) is 6.07 Å². The van der Waals surface area contributed by atoms with E-state index in [4.69, 9.17) is 4.74 Å². The molecular formula is C15H17FN2O3. The molecule has 0 saturated heterocycles. The van der Waals surface area contributed by atoms with Crippen LogP contribution in [0.1, 0.15) is 31.1 Å². The number of carboxylic acids is 1. The SMILES string of the molecule is COc1cccc(F)c1-c1nn(C(C)(C)C)cc1C(=O)O. The fraction of sp³-hybridized carbons (Fsp3) is 0.333. The highest BCUT2D eigenvalue weighted by Crippen LogP contribution is 2.34. The van der Waals surface area contributed by atoms with E-state index in [0.29, 0.717) is 0 Å². The van der Waals surface area contributed by atoms with E-state index in [1.54, 1.807) is 6.07 Å². The number of carbonyl (C=O) groups is 1. The summed E-state index contributed by atoms with van der Waals surface area (Å²) in [6.45, 7) is 5.65. The third kappa shape index (κ3) is 2.74. The molecule has 0 atom stereocenters. The minimum atomic E-state index is -1.16. The van der Waals surface area contributed by atoms with Crippen LogP contribution >= 0.6 is 0 Å². The van der Waals surface area contributed by atoms with Crippen molar-refractivity contribution >= 4 is 5.97 Å². The van der Waals surface area contributed by atoms with Gasteiger partial charge in [0.1, 0.15) is 22.8 Å². The molecular weight excluding hydrogens is 275 g/mol. The van der Waals surface area contributed by atoms with Crippen LogP contribution < -0.4 is 4.74 Å². The Morgan fingerprint density at radius 2 is 2.05 bits per heavy atom. The lowest BCUT2D eigenvalue weighted by atomic mass is 10.1. The first-order chi connectivity index (χ1) is 9.75. The molecule has 0 radical (unpaired) electrons. The maximum Gasteiger partial charge on any atom is 0.339 e. The summed E-state index contributed by atoms with van der Waals surface area (Å²) in [6, 6.07) is 4.32. The number of methoxy groups -OCH3 is 1. The van der Waals surface area contributed by atoms with E-state index in [1.807, 2.05) is 20.8 Å². The van der Waals surface area contributed by atoms with Crippen LogP contribution in [-0.2, 0) is 5.54 Å². The maximum atomic E-state index is 14.1. The Morgan fingerprint density at radius 3 is 2.57 bits per heavy atom. The standard InChI is InChI=1S/C15H17FN2O3/c1-15(2,3)18-8-9(14(19)20)13(17-18)12-10(16)6-5-7-11(12)21-4/h5-8H,1-4H3,(H,19,20). The molecule has 0 unspecified atom stereocenters. The van der Waals surface area contributed by atoms with Gasteiger partial charge in [0.2, 0.25) is 0 Å². The molecule has 0 saturated carbocycles. The Balaban J connectivity index is 2.75. The Hall–Kier alpha value is -2.37. The molecule has 2 rings (SSSR count). The normalized spacial score (nSPS) is 11.5. The molecule has 0 aliphatic rings. The predicted octanol–water partition coefficient (Wildman–Crippen LogP) is 3.15. The van der Waals surface area contributed by atoms with Crippen LogP contribution in [0.4, 0.5) is 4.39 Å². The van der Waals surface area contributed by atoms with E-state index in [-0.39, 0.29) is 22.6 Å². The predicted molar refractivity (Wildman–Crippen MR) is 76.1 cm³/mol. The number of ether oxygens (including phenoxy) is 1. The zero-order valence-electron chi connectivity index (χ0n) is 12.3. The molecule has 1 N–H and O–H groups in total. The number of rotatable bonds is 3. The van der Waals surface area contributed by atoms with Crippen LogP contribution in [0, 0.1) is 5.82 Å². The van der Waals surface area contributed by atoms with Gasteiger partial charge in [-0.25, -0.2) is 9.18 Å². The van der Waals surface area contributed by atoms with Gasteiger partial charge in [-0.05, 0) is 32.9 Å². The molecule has 0 amide bonds. The molecule has 1 aromatic carbocycles. The smallest absolute Gasteiger partial charge is 0.339 e. The minimum Gasteiger partial charge on any atom is -0.496 e. The van der Waals surface area contributed by atoms with Crippen LogP contribution in [0.5, 0.6) is 5.75 Å². The van der Waals surface area contributed by atoms with E-state index in [9.17, 15) is 14.3 Å². The lowest BCUT2D eigenvalue weighted by Crippen LogP contribution is -2.22. The highest BCUT2D eigenvalue weighted by Gasteiger charge is 2.26. The number of benzene rings is 1. The first-order valence-electron chi connectivity index (χ1n) is 6.42. The molecule has 1 heterocycles. The topological polar surface area (TPSA) is 64.4 Å². The molecule has 0 aliphatic heterocycles. The van der Waals surface area contributed by atoms with Crippen molar-refractivity contribution < 1.29 is 19.0 Å². The number of hydrogen-bond donors (Lipinski definition) is 1. The van der Waals surface area contributed by atoms with Crippen LogP contribution in [0.15, 0.2) is 24.4 Å². The van der Waals surface area contributed by atoms with Crippen molar-refractivity contribution in [3.05, 3.63) is 35.8 Å². The van der Waals surface area contributed by atoms with Gasteiger partial charge in [0, 0.05) is 6.20 Å². The lowest BCUT2D eigenvalue weighted by molar-refractivity contribution is 0.0697. The lowest BCUT2D eigenvalue weighted by Gasteiger charge is -2.18. The van der Waals surface area contributed by atoms with Crippen molar-refractivity contribution in [2.45, 2.75) is 26.3 Å². The maximum absolute atomic E-state index is 14.1. The van der Waals surface area contributed by atoms with Gasteiger partial charge in [0.25, 0.3) is 0 Å². The highest BCUT2D eigenvalue weighted by molar-refractivity contribution is 5.95.